The number of fused-ring (bicyclic) bond motifs is 1. The van der Waals surface area contributed by atoms with Crippen LogP contribution in [0, 0.1) is 5.92 Å². The van der Waals surface area contributed by atoms with Crippen molar-refractivity contribution in [3.63, 3.8) is 0 Å². The lowest BCUT2D eigenvalue weighted by atomic mass is 10.1. The van der Waals surface area contributed by atoms with Crippen LogP contribution in [-0.2, 0) is 0 Å². The Bertz CT molecular complexity index is 935. The van der Waals surface area contributed by atoms with Gasteiger partial charge in [-0.25, -0.2) is 9.97 Å². The van der Waals surface area contributed by atoms with Crippen LogP contribution in [0.15, 0.2) is 36.5 Å². The minimum Gasteiger partial charge on any atom is -0.497 e. The van der Waals surface area contributed by atoms with Crippen LogP contribution in [0.2, 0.25) is 5.15 Å². The second kappa shape index (κ2) is 7.00. The van der Waals surface area contributed by atoms with Crippen molar-refractivity contribution in [2.24, 2.45) is 5.92 Å². The maximum atomic E-state index is 6.10. The van der Waals surface area contributed by atoms with Crippen molar-refractivity contribution < 1.29 is 9.47 Å². The Morgan fingerprint density at radius 3 is 2.46 bits per heavy atom. The van der Waals surface area contributed by atoms with E-state index in [0.717, 1.165) is 51.8 Å². The summed E-state index contributed by atoms with van der Waals surface area (Å²) < 4.78 is 10.8. The number of ether oxygens (including phenoxy) is 2. The van der Waals surface area contributed by atoms with Gasteiger partial charge in [-0.05, 0) is 43.0 Å². The minimum atomic E-state index is 0.463. The molecule has 2 aromatic heterocycles. The van der Waals surface area contributed by atoms with E-state index in [1.807, 2.05) is 30.3 Å². The summed E-state index contributed by atoms with van der Waals surface area (Å²) in [6, 6.07) is 9.61. The standard InChI is InChI=1S/C20H20ClN3O2/c1-25-15-5-13(6-16(8-15)26-2)18-7-14-11-22-19(21)9-17(14)20(24-18)23-10-12-3-4-12/h5-9,11-12H,3-4,10H2,1-2H3,(H,23,24). The number of methoxy groups -OCH3 is 2. The molecule has 0 amide bonds. The third kappa shape index (κ3) is 3.53. The highest BCUT2D eigenvalue weighted by atomic mass is 35.5. The van der Waals surface area contributed by atoms with E-state index in [9.17, 15) is 0 Å². The lowest BCUT2D eigenvalue weighted by Gasteiger charge is -2.13. The van der Waals surface area contributed by atoms with Crippen molar-refractivity contribution in [3.8, 4) is 22.8 Å². The maximum Gasteiger partial charge on any atom is 0.134 e. The molecule has 0 atom stereocenters. The molecule has 1 aromatic carbocycles. The van der Waals surface area contributed by atoms with E-state index in [0.29, 0.717) is 5.15 Å². The van der Waals surface area contributed by atoms with Gasteiger partial charge in [0, 0.05) is 35.1 Å². The minimum absolute atomic E-state index is 0.463. The fraction of sp³-hybridized carbons (Fsp3) is 0.300. The zero-order valence-corrected chi connectivity index (χ0v) is 15.5. The van der Waals surface area contributed by atoms with E-state index in [2.05, 4.69) is 10.3 Å². The van der Waals surface area contributed by atoms with Gasteiger partial charge in [-0.15, -0.1) is 0 Å². The highest BCUT2D eigenvalue weighted by Gasteiger charge is 2.21. The third-order valence-electron chi connectivity index (χ3n) is 4.58. The van der Waals surface area contributed by atoms with Gasteiger partial charge >= 0.3 is 0 Å². The van der Waals surface area contributed by atoms with Crippen molar-refractivity contribution in [3.05, 3.63) is 41.7 Å². The van der Waals surface area contributed by atoms with E-state index in [-0.39, 0.29) is 0 Å². The first-order valence-electron chi connectivity index (χ1n) is 8.60. The van der Waals surface area contributed by atoms with Crippen LogP contribution < -0.4 is 14.8 Å². The zero-order chi connectivity index (χ0) is 18.1. The summed E-state index contributed by atoms with van der Waals surface area (Å²) in [7, 11) is 3.28. The largest absolute Gasteiger partial charge is 0.497 e. The van der Waals surface area contributed by atoms with Gasteiger partial charge in [0.25, 0.3) is 0 Å². The molecule has 0 aliphatic heterocycles. The van der Waals surface area contributed by atoms with Crippen molar-refractivity contribution in [1.82, 2.24) is 9.97 Å². The van der Waals surface area contributed by atoms with Gasteiger partial charge in [0.05, 0.1) is 19.9 Å². The van der Waals surface area contributed by atoms with Gasteiger partial charge in [-0.1, -0.05) is 11.6 Å². The zero-order valence-electron chi connectivity index (χ0n) is 14.8. The molecule has 0 spiro atoms. The quantitative estimate of drug-likeness (QED) is 0.633. The molecule has 1 saturated carbocycles. The first-order chi connectivity index (χ1) is 12.7. The van der Waals surface area contributed by atoms with Gasteiger partial charge in [-0.2, -0.15) is 0 Å². The Kier molecular flexibility index (Phi) is 4.55. The Hall–Kier alpha value is -2.53. The van der Waals surface area contributed by atoms with Crippen LogP contribution in [0.5, 0.6) is 11.5 Å². The number of nitrogens with zero attached hydrogens (tertiary/aromatic N) is 2. The fourth-order valence-corrected chi connectivity index (χ4v) is 3.08. The van der Waals surface area contributed by atoms with Crippen molar-refractivity contribution in [1.29, 1.82) is 0 Å². The molecule has 0 saturated heterocycles. The molecular weight excluding hydrogens is 350 g/mol. The Labute approximate surface area is 157 Å². The van der Waals surface area contributed by atoms with Crippen molar-refractivity contribution >= 4 is 28.2 Å². The van der Waals surface area contributed by atoms with Crippen LogP contribution >= 0.6 is 11.6 Å². The molecule has 0 unspecified atom stereocenters. The number of nitrogens with one attached hydrogen (secondary N) is 1. The van der Waals surface area contributed by atoms with Crippen LogP contribution in [0.3, 0.4) is 0 Å². The Morgan fingerprint density at radius 2 is 1.81 bits per heavy atom. The smallest absolute Gasteiger partial charge is 0.134 e. The highest BCUT2D eigenvalue weighted by Crippen LogP contribution is 2.34. The van der Waals surface area contributed by atoms with Crippen LogP contribution in [0.1, 0.15) is 12.8 Å². The monoisotopic (exact) mass is 369 g/mol. The number of halogens is 1. The van der Waals surface area contributed by atoms with E-state index in [1.54, 1.807) is 20.4 Å². The van der Waals surface area contributed by atoms with E-state index in [1.165, 1.54) is 12.8 Å². The molecule has 1 N–H and O–H groups in total. The van der Waals surface area contributed by atoms with Crippen molar-refractivity contribution in [2.45, 2.75) is 12.8 Å². The lowest BCUT2D eigenvalue weighted by Crippen LogP contribution is -2.06. The molecule has 1 fully saturated rings. The summed E-state index contributed by atoms with van der Waals surface area (Å²) in [5.41, 5.74) is 1.75. The van der Waals surface area contributed by atoms with Crippen LogP contribution in [-0.4, -0.2) is 30.7 Å². The summed E-state index contributed by atoms with van der Waals surface area (Å²) in [6.07, 6.45) is 4.34. The molecule has 0 bridgehead atoms. The van der Waals surface area contributed by atoms with Gasteiger partial charge < -0.3 is 14.8 Å². The number of anilines is 1. The average Bonchev–Trinajstić information content (AvgIpc) is 3.50. The highest BCUT2D eigenvalue weighted by molar-refractivity contribution is 6.30. The normalized spacial score (nSPS) is 13.7. The van der Waals surface area contributed by atoms with Crippen molar-refractivity contribution in [2.75, 3.05) is 26.1 Å². The number of benzene rings is 1. The molecule has 4 rings (SSSR count). The van der Waals surface area contributed by atoms with Crippen LogP contribution in [0.25, 0.3) is 22.0 Å². The number of rotatable bonds is 6. The number of hydrogen-bond donors (Lipinski definition) is 1. The molecular formula is C20H20ClN3O2. The molecule has 5 nitrogen and oxygen atoms in total. The van der Waals surface area contributed by atoms with E-state index >= 15 is 0 Å². The topological polar surface area (TPSA) is 56.3 Å². The molecule has 3 aromatic rings. The molecule has 6 heteroatoms. The van der Waals surface area contributed by atoms with Crippen LogP contribution in [0.4, 0.5) is 5.82 Å². The third-order valence-corrected chi connectivity index (χ3v) is 4.79. The number of pyridine rings is 2. The molecule has 0 radical (unpaired) electrons. The summed E-state index contributed by atoms with van der Waals surface area (Å²) in [6.45, 7) is 0.924. The first-order valence-corrected chi connectivity index (χ1v) is 8.97. The van der Waals surface area contributed by atoms with Gasteiger partial charge in [0.2, 0.25) is 0 Å². The lowest BCUT2D eigenvalue weighted by molar-refractivity contribution is 0.394. The Morgan fingerprint density at radius 1 is 1.08 bits per heavy atom. The van der Waals surface area contributed by atoms with Gasteiger partial charge in [0.15, 0.2) is 0 Å². The van der Waals surface area contributed by atoms with E-state index < -0.39 is 0 Å². The summed E-state index contributed by atoms with van der Waals surface area (Å²) in [5.74, 6) is 3.02. The summed E-state index contributed by atoms with van der Waals surface area (Å²) in [5, 5.41) is 5.91. The second-order valence-corrected chi connectivity index (χ2v) is 6.90. The molecule has 134 valence electrons. The predicted molar refractivity (Wildman–Crippen MR) is 104 cm³/mol. The van der Waals surface area contributed by atoms with Gasteiger partial charge in [-0.3, -0.25) is 0 Å². The predicted octanol–water partition coefficient (Wildman–Crippen LogP) is 4.79. The first kappa shape index (κ1) is 16.9. The molecule has 26 heavy (non-hydrogen) atoms. The number of aromatic nitrogens is 2. The Balaban J connectivity index is 1.83. The average molecular weight is 370 g/mol. The molecule has 2 heterocycles. The molecule has 1 aliphatic carbocycles. The summed E-state index contributed by atoms with van der Waals surface area (Å²) >= 11 is 6.10. The fourth-order valence-electron chi connectivity index (χ4n) is 2.92. The van der Waals surface area contributed by atoms with E-state index in [4.69, 9.17) is 26.1 Å². The second-order valence-electron chi connectivity index (χ2n) is 6.51. The maximum absolute atomic E-state index is 6.10. The van der Waals surface area contributed by atoms with Gasteiger partial charge in [0.1, 0.15) is 22.5 Å². The number of hydrogen-bond acceptors (Lipinski definition) is 5. The molecule has 1 aliphatic rings. The SMILES string of the molecule is COc1cc(OC)cc(-c2cc3cnc(Cl)cc3c(NCC3CC3)n2)c1. The summed E-state index contributed by atoms with van der Waals surface area (Å²) in [4.78, 5) is 9.07.